The van der Waals surface area contributed by atoms with Crippen molar-refractivity contribution in [3.05, 3.63) is 12.3 Å². The number of nitrogens with zero attached hydrogens (tertiary/aromatic N) is 2. The zero-order valence-corrected chi connectivity index (χ0v) is 8.06. The van der Waals surface area contributed by atoms with E-state index < -0.39 is 0 Å². The highest BCUT2D eigenvalue weighted by Crippen LogP contribution is 2.33. The fourth-order valence-corrected chi connectivity index (χ4v) is 1.47. The maximum atomic E-state index is 11.4. The van der Waals surface area contributed by atoms with Crippen molar-refractivity contribution >= 4 is 5.91 Å². The van der Waals surface area contributed by atoms with Gasteiger partial charge in [0.1, 0.15) is 0 Å². The zero-order valence-electron chi connectivity index (χ0n) is 8.06. The molecule has 0 radical (unpaired) electrons. The lowest BCUT2D eigenvalue weighted by Gasteiger charge is -2.10. The highest BCUT2D eigenvalue weighted by Gasteiger charge is 2.25. The van der Waals surface area contributed by atoms with Crippen LogP contribution < -0.4 is 5.32 Å². The summed E-state index contributed by atoms with van der Waals surface area (Å²) in [5.41, 5.74) is 0. The molecule has 1 heterocycles. The summed E-state index contributed by atoms with van der Waals surface area (Å²) in [5.74, 6) is 0.552. The summed E-state index contributed by atoms with van der Waals surface area (Å²) < 4.78 is 4.78. The van der Waals surface area contributed by atoms with Gasteiger partial charge in [-0.15, -0.1) is 10.2 Å². The quantitative estimate of drug-likeness (QED) is 0.777. The molecule has 1 atom stereocenters. The SMILES string of the molecule is CC(CC1CC1)NC(=O)c1nnco1. The molecule has 1 amide bonds. The fourth-order valence-electron chi connectivity index (χ4n) is 1.47. The Kier molecular flexibility index (Phi) is 2.47. The predicted octanol–water partition coefficient (Wildman–Crippen LogP) is 0.988. The van der Waals surface area contributed by atoms with Gasteiger partial charge in [-0.1, -0.05) is 12.8 Å². The summed E-state index contributed by atoms with van der Waals surface area (Å²) in [6, 6.07) is 0.182. The van der Waals surface area contributed by atoms with Gasteiger partial charge in [-0.3, -0.25) is 4.79 Å². The first-order chi connectivity index (χ1) is 6.75. The molecule has 1 unspecified atom stereocenters. The van der Waals surface area contributed by atoms with Crippen molar-refractivity contribution < 1.29 is 9.21 Å². The van der Waals surface area contributed by atoms with Gasteiger partial charge in [0.25, 0.3) is 0 Å². The van der Waals surface area contributed by atoms with Crippen molar-refractivity contribution in [2.24, 2.45) is 5.92 Å². The van der Waals surface area contributed by atoms with Gasteiger partial charge in [0.2, 0.25) is 6.39 Å². The molecule has 0 bridgehead atoms. The van der Waals surface area contributed by atoms with E-state index in [2.05, 4.69) is 15.5 Å². The molecule has 76 valence electrons. The molecule has 1 aliphatic carbocycles. The zero-order chi connectivity index (χ0) is 9.97. The second kappa shape index (κ2) is 3.77. The lowest BCUT2D eigenvalue weighted by atomic mass is 10.1. The molecule has 1 aromatic heterocycles. The minimum atomic E-state index is -0.282. The van der Waals surface area contributed by atoms with Crippen molar-refractivity contribution in [3.63, 3.8) is 0 Å². The molecule has 0 spiro atoms. The Morgan fingerprint density at radius 3 is 3.14 bits per heavy atom. The van der Waals surface area contributed by atoms with Gasteiger partial charge in [-0.25, -0.2) is 0 Å². The van der Waals surface area contributed by atoms with Crippen LogP contribution in [0.2, 0.25) is 0 Å². The highest BCUT2D eigenvalue weighted by atomic mass is 16.4. The Balaban J connectivity index is 1.81. The van der Waals surface area contributed by atoms with E-state index in [0.717, 1.165) is 18.7 Å². The minimum absolute atomic E-state index is 0.0349. The first kappa shape index (κ1) is 9.18. The van der Waals surface area contributed by atoms with Gasteiger partial charge in [-0.2, -0.15) is 0 Å². The van der Waals surface area contributed by atoms with E-state index in [9.17, 15) is 4.79 Å². The molecule has 14 heavy (non-hydrogen) atoms. The highest BCUT2D eigenvalue weighted by molar-refractivity contribution is 5.89. The van der Waals surface area contributed by atoms with Crippen LogP contribution in [0.15, 0.2) is 10.8 Å². The number of carbonyl (C=O) groups is 1. The minimum Gasteiger partial charge on any atom is -0.420 e. The summed E-state index contributed by atoms with van der Waals surface area (Å²) in [7, 11) is 0. The largest absolute Gasteiger partial charge is 0.420 e. The topological polar surface area (TPSA) is 68.0 Å². The predicted molar refractivity (Wildman–Crippen MR) is 48.6 cm³/mol. The third kappa shape index (κ3) is 2.31. The molecule has 1 aliphatic rings. The average molecular weight is 195 g/mol. The molecule has 5 heteroatoms. The normalized spacial score (nSPS) is 17.8. The summed E-state index contributed by atoms with van der Waals surface area (Å²) in [6.07, 6.45) is 4.78. The van der Waals surface area contributed by atoms with E-state index >= 15 is 0 Å². The van der Waals surface area contributed by atoms with Crippen LogP contribution in [-0.2, 0) is 0 Å². The van der Waals surface area contributed by atoms with Crippen molar-refractivity contribution in [1.82, 2.24) is 15.5 Å². The number of nitrogens with one attached hydrogen (secondary N) is 1. The van der Waals surface area contributed by atoms with E-state index in [1.807, 2.05) is 6.92 Å². The number of rotatable bonds is 4. The fraction of sp³-hybridized carbons (Fsp3) is 0.667. The van der Waals surface area contributed by atoms with E-state index in [4.69, 9.17) is 4.42 Å². The van der Waals surface area contributed by atoms with Crippen molar-refractivity contribution in [1.29, 1.82) is 0 Å². The van der Waals surface area contributed by atoms with Gasteiger partial charge in [-0.05, 0) is 19.3 Å². The van der Waals surface area contributed by atoms with Gasteiger partial charge < -0.3 is 9.73 Å². The Bertz CT molecular complexity index is 306. The van der Waals surface area contributed by atoms with Crippen molar-refractivity contribution in [2.75, 3.05) is 0 Å². The number of amides is 1. The maximum absolute atomic E-state index is 11.4. The van der Waals surface area contributed by atoms with Gasteiger partial charge in [0.05, 0.1) is 0 Å². The van der Waals surface area contributed by atoms with Gasteiger partial charge >= 0.3 is 11.8 Å². The summed E-state index contributed by atoms with van der Waals surface area (Å²) in [4.78, 5) is 11.4. The molecule has 1 saturated carbocycles. The molecule has 1 aromatic rings. The summed E-state index contributed by atoms with van der Waals surface area (Å²) in [6.45, 7) is 1.99. The number of carbonyl (C=O) groups excluding carboxylic acids is 1. The van der Waals surface area contributed by atoms with Crippen LogP contribution in [-0.4, -0.2) is 22.1 Å². The first-order valence-electron chi connectivity index (χ1n) is 4.82. The van der Waals surface area contributed by atoms with Crippen LogP contribution in [0.5, 0.6) is 0 Å². The van der Waals surface area contributed by atoms with Crippen LogP contribution in [0.25, 0.3) is 0 Å². The van der Waals surface area contributed by atoms with Crippen molar-refractivity contribution in [2.45, 2.75) is 32.2 Å². The Morgan fingerprint density at radius 2 is 2.57 bits per heavy atom. The molecule has 2 rings (SSSR count). The Labute approximate surface area is 81.9 Å². The Hall–Kier alpha value is -1.39. The van der Waals surface area contributed by atoms with E-state index in [1.54, 1.807) is 0 Å². The van der Waals surface area contributed by atoms with Crippen LogP contribution >= 0.6 is 0 Å². The van der Waals surface area contributed by atoms with Gasteiger partial charge in [0.15, 0.2) is 0 Å². The second-order valence-electron chi connectivity index (χ2n) is 3.80. The van der Waals surface area contributed by atoms with Crippen LogP contribution in [0.1, 0.15) is 36.9 Å². The standard InChI is InChI=1S/C9H13N3O2/c1-6(4-7-2-3-7)11-8(13)9-12-10-5-14-9/h5-7H,2-4H2,1H3,(H,11,13). The first-order valence-corrected chi connectivity index (χ1v) is 4.82. The smallest absolute Gasteiger partial charge is 0.309 e. The monoisotopic (exact) mass is 195 g/mol. The van der Waals surface area contributed by atoms with E-state index in [0.29, 0.717) is 0 Å². The summed E-state index contributed by atoms with van der Waals surface area (Å²) >= 11 is 0. The summed E-state index contributed by atoms with van der Waals surface area (Å²) in [5, 5.41) is 9.80. The lowest BCUT2D eigenvalue weighted by molar-refractivity contribution is 0.0902. The van der Waals surface area contributed by atoms with Crippen molar-refractivity contribution in [3.8, 4) is 0 Å². The molecular formula is C9H13N3O2. The molecule has 5 nitrogen and oxygen atoms in total. The molecular weight excluding hydrogens is 182 g/mol. The van der Waals surface area contributed by atoms with Gasteiger partial charge in [0, 0.05) is 6.04 Å². The number of hydrogen-bond acceptors (Lipinski definition) is 4. The molecule has 0 saturated heterocycles. The molecule has 0 aromatic carbocycles. The number of hydrogen-bond donors (Lipinski definition) is 1. The van der Waals surface area contributed by atoms with Crippen LogP contribution in [0, 0.1) is 5.92 Å². The van der Waals surface area contributed by atoms with Crippen LogP contribution in [0.3, 0.4) is 0 Å². The van der Waals surface area contributed by atoms with E-state index in [-0.39, 0.29) is 17.8 Å². The third-order valence-corrected chi connectivity index (χ3v) is 2.32. The van der Waals surface area contributed by atoms with Crippen LogP contribution in [0.4, 0.5) is 0 Å². The average Bonchev–Trinajstić information content (AvgIpc) is 2.80. The number of aromatic nitrogens is 2. The maximum Gasteiger partial charge on any atom is 0.309 e. The molecule has 0 aliphatic heterocycles. The lowest BCUT2D eigenvalue weighted by Crippen LogP contribution is -2.33. The molecule has 1 fully saturated rings. The third-order valence-electron chi connectivity index (χ3n) is 2.32. The second-order valence-corrected chi connectivity index (χ2v) is 3.80. The van der Waals surface area contributed by atoms with E-state index in [1.165, 1.54) is 12.8 Å². The Morgan fingerprint density at radius 1 is 1.79 bits per heavy atom. The molecule has 1 N–H and O–H groups in total.